The fourth-order valence-corrected chi connectivity index (χ4v) is 2.36. The molecule has 18 heavy (non-hydrogen) atoms. The van der Waals surface area contributed by atoms with Gasteiger partial charge >= 0.3 is 5.97 Å². The molecule has 0 bridgehead atoms. The first kappa shape index (κ1) is 12.4. The zero-order chi connectivity index (χ0) is 13.3. The van der Waals surface area contributed by atoms with Crippen LogP contribution >= 0.6 is 0 Å². The molecular weight excluding hydrogens is 228 g/mol. The molecule has 0 saturated carbocycles. The summed E-state index contributed by atoms with van der Waals surface area (Å²) in [6.45, 7) is 6.19. The van der Waals surface area contributed by atoms with Gasteiger partial charge in [0.05, 0.1) is 0 Å². The van der Waals surface area contributed by atoms with Crippen LogP contribution in [0.1, 0.15) is 16.7 Å². The Balaban J connectivity index is 2.43. The molecule has 0 atom stereocenters. The second kappa shape index (κ2) is 4.64. The molecule has 94 valence electrons. The van der Waals surface area contributed by atoms with E-state index in [4.69, 9.17) is 5.11 Å². The lowest BCUT2D eigenvalue weighted by Gasteiger charge is -2.06. The molecule has 1 aromatic carbocycles. The Morgan fingerprint density at radius 1 is 1.28 bits per heavy atom. The zero-order valence-corrected chi connectivity index (χ0v) is 10.8. The molecule has 0 unspecified atom stereocenters. The number of hydrogen-bond acceptors (Lipinski definition) is 1. The number of aliphatic carboxylic acids is 1. The van der Waals surface area contributed by atoms with Gasteiger partial charge in [-0.05, 0) is 31.9 Å². The van der Waals surface area contributed by atoms with Gasteiger partial charge in [0, 0.05) is 0 Å². The smallest absolute Gasteiger partial charge is 0.346 e. The Kier molecular flexibility index (Phi) is 3.19. The summed E-state index contributed by atoms with van der Waals surface area (Å²) < 4.78 is 3.62. The monoisotopic (exact) mass is 245 g/mol. The van der Waals surface area contributed by atoms with Crippen molar-refractivity contribution in [2.75, 3.05) is 0 Å². The SMILES string of the molecule is Cc1cc(C)c(-n2cc[n+](CC(=O)O)c2)c(C)c1. The van der Waals surface area contributed by atoms with Crippen LogP contribution in [0.5, 0.6) is 0 Å². The van der Waals surface area contributed by atoms with Gasteiger partial charge in [-0.2, -0.15) is 0 Å². The highest BCUT2D eigenvalue weighted by molar-refractivity contribution is 5.64. The van der Waals surface area contributed by atoms with Crippen LogP contribution in [0.4, 0.5) is 0 Å². The quantitative estimate of drug-likeness (QED) is 0.838. The molecule has 2 rings (SSSR count). The fraction of sp³-hybridized carbons (Fsp3) is 0.286. The van der Waals surface area contributed by atoms with E-state index in [0.29, 0.717) is 0 Å². The van der Waals surface area contributed by atoms with Crippen molar-refractivity contribution in [2.24, 2.45) is 0 Å². The fourth-order valence-electron chi connectivity index (χ4n) is 2.36. The number of carbonyl (C=O) groups is 1. The van der Waals surface area contributed by atoms with E-state index >= 15 is 0 Å². The van der Waals surface area contributed by atoms with Crippen LogP contribution in [0.2, 0.25) is 0 Å². The number of nitrogens with zero attached hydrogens (tertiary/aromatic N) is 2. The molecule has 1 aromatic heterocycles. The van der Waals surface area contributed by atoms with E-state index in [1.165, 1.54) is 16.7 Å². The molecule has 2 aromatic rings. The maximum Gasteiger partial charge on any atom is 0.346 e. The van der Waals surface area contributed by atoms with E-state index < -0.39 is 5.97 Å². The number of aryl methyl sites for hydroxylation is 3. The van der Waals surface area contributed by atoms with Gasteiger partial charge in [0.15, 0.2) is 6.54 Å². The average Bonchev–Trinajstić information content (AvgIpc) is 2.63. The molecule has 0 aliphatic heterocycles. The molecule has 1 N–H and O–H groups in total. The minimum Gasteiger partial charge on any atom is -0.478 e. The summed E-state index contributed by atoms with van der Waals surface area (Å²) in [4.78, 5) is 10.7. The number of carboxylic acids is 1. The zero-order valence-electron chi connectivity index (χ0n) is 10.8. The van der Waals surface area contributed by atoms with Crippen molar-refractivity contribution < 1.29 is 14.5 Å². The van der Waals surface area contributed by atoms with Gasteiger partial charge in [-0.3, -0.25) is 0 Å². The van der Waals surface area contributed by atoms with E-state index in [0.717, 1.165) is 5.69 Å². The highest BCUT2D eigenvalue weighted by Gasteiger charge is 2.13. The molecule has 0 aliphatic rings. The first-order valence-corrected chi connectivity index (χ1v) is 5.84. The summed E-state index contributed by atoms with van der Waals surface area (Å²) in [7, 11) is 0. The minimum absolute atomic E-state index is 0.0169. The van der Waals surface area contributed by atoms with Gasteiger partial charge in [-0.1, -0.05) is 17.7 Å². The lowest BCUT2D eigenvalue weighted by atomic mass is 10.1. The van der Waals surface area contributed by atoms with Crippen LogP contribution in [0.15, 0.2) is 30.9 Å². The molecule has 0 aliphatic carbocycles. The first-order valence-electron chi connectivity index (χ1n) is 5.84. The molecule has 0 saturated heterocycles. The third kappa shape index (κ3) is 2.42. The lowest BCUT2D eigenvalue weighted by Crippen LogP contribution is -2.35. The first-order chi connectivity index (χ1) is 8.47. The van der Waals surface area contributed by atoms with E-state index in [1.807, 2.05) is 10.8 Å². The van der Waals surface area contributed by atoms with Gasteiger partial charge in [0.25, 0.3) is 0 Å². The number of imidazole rings is 1. The van der Waals surface area contributed by atoms with Crippen molar-refractivity contribution in [1.82, 2.24) is 4.57 Å². The van der Waals surface area contributed by atoms with E-state index in [-0.39, 0.29) is 6.54 Å². The maximum absolute atomic E-state index is 10.7. The second-order valence-corrected chi connectivity index (χ2v) is 4.63. The second-order valence-electron chi connectivity index (χ2n) is 4.63. The highest BCUT2D eigenvalue weighted by Crippen LogP contribution is 2.20. The topological polar surface area (TPSA) is 46.1 Å². The van der Waals surface area contributed by atoms with E-state index in [1.54, 1.807) is 17.1 Å². The molecule has 0 radical (unpaired) electrons. The molecule has 4 heteroatoms. The largest absolute Gasteiger partial charge is 0.478 e. The van der Waals surface area contributed by atoms with Crippen molar-refractivity contribution in [3.05, 3.63) is 47.5 Å². The summed E-state index contributed by atoms with van der Waals surface area (Å²) in [5, 5.41) is 8.76. The standard InChI is InChI=1S/C14H16N2O2/c1-10-6-11(2)14(12(3)7-10)16-5-4-15(9-16)8-13(17)18/h4-7,9H,8H2,1-3H3/p+1. The van der Waals surface area contributed by atoms with Gasteiger partial charge < -0.3 is 5.11 Å². The summed E-state index contributed by atoms with van der Waals surface area (Å²) in [6, 6.07) is 4.26. The summed E-state index contributed by atoms with van der Waals surface area (Å²) in [5.41, 5.74) is 4.72. The molecule has 1 heterocycles. The summed E-state index contributed by atoms with van der Waals surface area (Å²) >= 11 is 0. The van der Waals surface area contributed by atoms with Crippen LogP contribution in [-0.2, 0) is 11.3 Å². The maximum atomic E-state index is 10.7. The van der Waals surface area contributed by atoms with Crippen molar-refractivity contribution in [1.29, 1.82) is 0 Å². The van der Waals surface area contributed by atoms with Crippen molar-refractivity contribution in [3.63, 3.8) is 0 Å². The summed E-state index contributed by atoms with van der Waals surface area (Å²) in [6.07, 6.45) is 5.46. The Labute approximate surface area is 106 Å². The van der Waals surface area contributed by atoms with Crippen molar-refractivity contribution in [3.8, 4) is 5.69 Å². The van der Waals surface area contributed by atoms with Crippen LogP contribution < -0.4 is 4.57 Å². The van der Waals surface area contributed by atoms with Crippen molar-refractivity contribution >= 4 is 5.97 Å². The van der Waals surface area contributed by atoms with Crippen LogP contribution in [0, 0.1) is 20.8 Å². The predicted molar refractivity (Wildman–Crippen MR) is 67.8 cm³/mol. The number of aromatic nitrogens is 2. The lowest BCUT2D eigenvalue weighted by molar-refractivity contribution is -0.685. The molecule has 0 spiro atoms. The third-order valence-electron chi connectivity index (χ3n) is 2.90. The normalized spacial score (nSPS) is 10.6. The Bertz CT molecular complexity index is 577. The Morgan fingerprint density at radius 3 is 2.44 bits per heavy atom. The van der Waals surface area contributed by atoms with Crippen LogP contribution in [0.25, 0.3) is 5.69 Å². The number of carboxylic acid groups (broad SMARTS) is 1. The van der Waals surface area contributed by atoms with Gasteiger partial charge in [-0.25, -0.2) is 13.9 Å². The van der Waals surface area contributed by atoms with E-state index in [2.05, 4.69) is 32.9 Å². The minimum atomic E-state index is -0.838. The Hall–Kier alpha value is -2.10. The molecule has 4 nitrogen and oxygen atoms in total. The average molecular weight is 245 g/mol. The molecule has 0 amide bonds. The predicted octanol–water partition coefficient (Wildman–Crippen LogP) is 1.77. The van der Waals surface area contributed by atoms with Gasteiger partial charge in [-0.15, -0.1) is 0 Å². The van der Waals surface area contributed by atoms with E-state index in [9.17, 15) is 4.79 Å². The van der Waals surface area contributed by atoms with Gasteiger partial charge in [0.2, 0.25) is 6.33 Å². The number of benzene rings is 1. The summed E-state index contributed by atoms with van der Waals surface area (Å²) in [5.74, 6) is -0.838. The number of hydrogen-bond donors (Lipinski definition) is 1. The molecule has 0 fully saturated rings. The van der Waals surface area contributed by atoms with Crippen LogP contribution in [-0.4, -0.2) is 15.6 Å². The molecular formula is C14H17N2O2+. The van der Waals surface area contributed by atoms with Crippen LogP contribution in [0.3, 0.4) is 0 Å². The third-order valence-corrected chi connectivity index (χ3v) is 2.90. The van der Waals surface area contributed by atoms with Crippen molar-refractivity contribution in [2.45, 2.75) is 27.3 Å². The Morgan fingerprint density at radius 2 is 1.89 bits per heavy atom. The number of rotatable bonds is 3. The highest BCUT2D eigenvalue weighted by atomic mass is 16.4. The van der Waals surface area contributed by atoms with Gasteiger partial charge in [0.1, 0.15) is 18.1 Å².